The summed E-state index contributed by atoms with van der Waals surface area (Å²) in [5.41, 5.74) is 1.17. The van der Waals surface area contributed by atoms with Gasteiger partial charge < -0.3 is 10.6 Å². The predicted molar refractivity (Wildman–Crippen MR) is 73.2 cm³/mol. The Morgan fingerprint density at radius 3 is 2.50 bits per heavy atom. The Balaban J connectivity index is 1.91. The molecule has 1 unspecified atom stereocenters. The van der Waals surface area contributed by atoms with Crippen molar-refractivity contribution >= 4 is 5.91 Å². The van der Waals surface area contributed by atoms with Crippen molar-refractivity contribution in [1.82, 2.24) is 10.6 Å². The summed E-state index contributed by atoms with van der Waals surface area (Å²) in [5, 5.41) is 6.35. The lowest BCUT2D eigenvalue weighted by Crippen LogP contribution is -2.38. The van der Waals surface area contributed by atoms with Gasteiger partial charge in [0.05, 0.1) is 12.6 Å². The lowest BCUT2D eigenvalue weighted by Gasteiger charge is -2.23. The van der Waals surface area contributed by atoms with E-state index in [1.54, 1.807) is 0 Å². The van der Waals surface area contributed by atoms with E-state index >= 15 is 0 Å². The summed E-state index contributed by atoms with van der Waals surface area (Å²) in [6, 6.07) is 10.8. The van der Waals surface area contributed by atoms with Crippen LogP contribution in [0, 0.1) is 5.92 Å². The monoisotopic (exact) mass is 246 g/mol. The van der Waals surface area contributed by atoms with Gasteiger partial charge in [-0.3, -0.25) is 4.79 Å². The Morgan fingerprint density at radius 1 is 1.28 bits per heavy atom. The number of carbonyl (C=O) groups excluding carboxylic acids is 1. The number of nitrogens with one attached hydrogen (secondary N) is 2. The highest BCUT2D eigenvalue weighted by atomic mass is 16.2. The van der Waals surface area contributed by atoms with Crippen LogP contribution < -0.4 is 10.6 Å². The maximum atomic E-state index is 11.9. The van der Waals surface area contributed by atoms with Crippen LogP contribution in [0.3, 0.4) is 0 Å². The zero-order chi connectivity index (χ0) is 13.0. The summed E-state index contributed by atoms with van der Waals surface area (Å²) in [5.74, 6) is 0.474. The van der Waals surface area contributed by atoms with E-state index in [-0.39, 0.29) is 11.9 Å². The molecule has 0 radical (unpaired) electrons. The van der Waals surface area contributed by atoms with Crippen molar-refractivity contribution < 1.29 is 4.79 Å². The third-order valence-corrected chi connectivity index (χ3v) is 3.27. The normalized spacial score (nSPS) is 16.6. The van der Waals surface area contributed by atoms with Gasteiger partial charge in [0.15, 0.2) is 0 Å². The average molecular weight is 246 g/mol. The van der Waals surface area contributed by atoms with Gasteiger partial charge in [-0.2, -0.15) is 0 Å². The summed E-state index contributed by atoms with van der Waals surface area (Å²) < 4.78 is 0. The lowest BCUT2D eigenvalue weighted by atomic mass is 9.96. The predicted octanol–water partition coefficient (Wildman–Crippen LogP) is 2.25. The van der Waals surface area contributed by atoms with E-state index in [1.807, 2.05) is 18.2 Å². The van der Waals surface area contributed by atoms with Crippen LogP contribution in [-0.4, -0.2) is 18.5 Å². The molecule has 1 atom stereocenters. The first-order chi connectivity index (χ1) is 8.66. The van der Waals surface area contributed by atoms with Gasteiger partial charge in [-0.15, -0.1) is 0 Å². The summed E-state index contributed by atoms with van der Waals surface area (Å²) >= 11 is 0. The number of amides is 1. The highest BCUT2D eigenvalue weighted by molar-refractivity contribution is 5.78. The molecule has 1 aliphatic rings. The molecular weight excluding hydrogens is 224 g/mol. The second kappa shape index (κ2) is 6.01. The molecule has 98 valence electrons. The van der Waals surface area contributed by atoms with E-state index in [9.17, 15) is 4.79 Å². The third kappa shape index (κ3) is 3.84. The van der Waals surface area contributed by atoms with Gasteiger partial charge in [-0.25, -0.2) is 0 Å². The van der Waals surface area contributed by atoms with Crippen molar-refractivity contribution in [2.75, 3.05) is 6.54 Å². The van der Waals surface area contributed by atoms with E-state index in [2.05, 4.69) is 36.6 Å². The van der Waals surface area contributed by atoms with E-state index in [0.29, 0.717) is 18.5 Å². The molecule has 1 amide bonds. The molecule has 0 bridgehead atoms. The molecule has 1 aliphatic carbocycles. The fourth-order valence-electron chi connectivity index (χ4n) is 2.04. The minimum atomic E-state index is 0.0875. The molecule has 1 saturated carbocycles. The van der Waals surface area contributed by atoms with Gasteiger partial charge in [-0.1, -0.05) is 44.2 Å². The molecular formula is C15H22N2O. The largest absolute Gasteiger partial charge is 0.348 e. The van der Waals surface area contributed by atoms with Crippen molar-refractivity contribution in [3.05, 3.63) is 35.9 Å². The van der Waals surface area contributed by atoms with Crippen LogP contribution in [0.1, 0.15) is 38.3 Å². The minimum Gasteiger partial charge on any atom is -0.348 e. The Kier molecular flexibility index (Phi) is 4.37. The Labute approximate surface area is 109 Å². The van der Waals surface area contributed by atoms with Gasteiger partial charge in [0.2, 0.25) is 5.91 Å². The van der Waals surface area contributed by atoms with E-state index < -0.39 is 0 Å². The quantitative estimate of drug-likeness (QED) is 0.808. The van der Waals surface area contributed by atoms with Crippen molar-refractivity contribution in [2.45, 2.75) is 38.8 Å². The molecule has 1 aromatic rings. The van der Waals surface area contributed by atoms with Crippen LogP contribution >= 0.6 is 0 Å². The SMILES string of the molecule is CC(C)C(NC(=O)CNC1CC1)c1ccccc1. The van der Waals surface area contributed by atoms with Gasteiger partial charge in [0.25, 0.3) is 0 Å². The fourth-order valence-corrected chi connectivity index (χ4v) is 2.04. The van der Waals surface area contributed by atoms with E-state index in [4.69, 9.17) is 0 Å². The first-order valence-electron chi connectivity index (χ1n) is 6.74. The third-order valence-electron chi connectivity index (χ3n) is 3.27. The van der Waals surface area contributed by atoms with Crippen molar-refractivity contribution in [3.8, 4) is 0 Å². The standard InChI is InChI=1S/C15H22N2O/c1-11(2)15(12-6-4-3-5-7-12)17-14(18)10-16-13-8-9-13/h3-7,11,13,15-16H,8-10H2,1-2H3,(H,17,18). The molecule has 0 aromatic heterocycles. The molecule has 0 aliphatic heterocycles. The summed E-state index contributed by atoms with van der Waals surface area (Å²) in [4.78, 5) is 11.9. The highest BCUT2D eigenvalue weighted by Gasteiger charge is 2.22. The number of benzene rings is 1. The van der Waals surface area contributed by atoms with Crippen LogP contribution in [-0.2, 0) is 4.79 Å². The first kappa shape index (κ1) is 13.1. The molecule has 0 heterocycles. The zero-order valence-corrected chi connectivity index (χ0v) is 11.1. The molecule has 0 saturated heterocycles. The van der Waals surface area contributed by atoms with Gasteiger partial charge in [0, 0.05) is 6.04 Å². The van der Waals surface area contributed by atoms with Crippen LogP contribution in [0.4, 0.5) is 0 Å². The molecule has 2 N–H and O–H groups in total. The summed E-state index contributed by atoms with van der Waals surface area (Å²) in [6.45, 7) is 4.69. The second-order valence-corrected chi connectivity index (χ2v) is 5.36. The molecule has 3 heteroatoms. The van der Waals surface area contributed by atoms with E-state index in [0.717, 1.165) is 0 Å². The topological polar surface area (TPSA) is 41.1 Å². The number of carbonyl (C=O) groups is 1. The van der Waals surface area contributed by atoms with Gasteiger partial charge in [0.1, 0.15) is 0 Å². The molecule has 18 heavy (non-hydrogen) atoms. The van der Waals surface area contributed by atoms with Crippen molar-refractivity contribution in [3.63, 3.8) is 0 Å². The molecule has 1 fully saturated rings. The zero-order valence-electron chi connectivity index (χ0n) is 11.1. The second-order valence-electron chi connectivity index (χ2n) is 5.36. The van der Waals surface area contributed by atoms with Crippen molar-refractivity contribution in [2.24, 2.45) is 5.92 Å². The van der Waals surface area contributed by atoms with Gasteiger partial charge >= 0.3 is 0 Å². The van der Waals surface area contributed by atoms with Gasteiger partial charge in [-0.05, 0) is 24.3 Å². The number of hydrogen-bond donors (Lipinski definition) is 2. The maximum Gasteiger partial charge on any atom is 0.234 e. The molecule has 1 aromatic carbocycles. The smallest absolute Gasteiger partial charge is 0.234 e. The molecule has 3 nitrogen and oxygen atoms in total. The molecule has 0 spiro atoms. The maximum absolute atomic E-state index is 11.9. The summed E-state index contributed by atoms with van der Waals surface area (Å²) in [6.07, 6.45) is 2.42. The van der Waals surface area contributed by atoms with E-state index in [1.165, 1.54) is 18.4 Å². The summed E-state index contributed by atoms with van der Waals surface area (Å²) in [7, 11) is 0. The van der Waals surface area contributed by atoms with Crippen molar-refractivity contribution in [1.29, 1.82) is 0 Å². The Morgan fingerprint density at radius 2 is 1.94 bits per heavy atom. The average Bonchev–Trinajstić information content (AvgIpc) is 3.18. The first-order valence-corrected chi connectivity index (χ1v) is 6.74. The Bertz CT molecular complexity index is 385. The van der Waals surface area contributed by atoms with Crippen LogP contribution in [0.2, 0.25) is 0 Å². The Hall–Kier alpha value is -1.35. The fraction of sp³-hybridized carbons (Fsp3) is 0.533. The van der Waals surface area contributed by atoms with Crippen LogP contribution in [0.25, 0.3) is 0 Å². The highest BCUT2D eigenvalue weighted by Crippen LogP contribution is 2.21. The van der Waals surface area contributed by atoms with Crippen LogP contribution in [0.5, 0.6) is 0 Å². The van der Waals surface area contributed by atoms with Crippen LogP contribution in [0.15, 0.2) is 30.3 Å². The molecule has 2 rings (SSSR count). The number of rotatable bonds is 6. The minimum absolute atomic E-state index is 0.0875. The number of hydrogen-bond acceptors (Lipinski definition) is 2. The lowest BCUT2D eigenvalue weighted by molar-refractivity contribution is -0.121.